The molecule has 0 bridgehead atoms. The Hall–Kier alpha value is -8.50. The molecule has 0 fully saturated rings. The molecule has 0 aromatic carbocycles. The summed E-state index contributed by atoms with van der Waals surface area (Å²) in [5.41, 5.74) is 26.6. The van der Waals surface area contributed by atoms with E-state index in [0.29, 0.717) is 74.2 Å². The molecule has 23 nitrogen and oxygen atoms in total. The van der Waals surface area contributed by atoms with Crippen LogP contribution in [0.2, 0.25) is 0 Å². The van der Waals surface area contributed by atoms with Crippen LogP contribution >= 0.6 is 0 Å². The highest BCUT2D eigenvalue weighted by Gasteiger charge is 2.10. The van der Waals surface area contributed by atoms with Crippen molar-refractivity contribution in [2.75, 3.05) is 11.5 Å². The van der Waals surface area contributed by atoms with E-state index in [1.54, 1.807) is 38.6 Å². The van der Waals surface area contributed by atoms with E-state index < -0.39 is 0 Å². The summed E-state index contributed by atoms with van der Waals surface area (Å²) in [4.78, 5) is 67.1. The predicted molar refractivity (Wildman–Crippen MR) is 225 cm³/mol. The van der Waals surface area contributed by atoms with Gasteiger partial charge in [0, 0.05) is 47.1 Å². The first kappa shape index (κ1) is 45.7. The number of nitrogens with two attached hydrogens (primary N) is 4. The van der Waals surface area contributed by atoms with E-state index in [-0.39, 0.29) is 30.7 Å². The maximum atomic E-state index is 11.0. The van der Waals surface area contributed by atoms with Crippen LogP contribution in [-0.4, -0.2) is 63.4 Å². The summed E-state index contributed by atoms with van der Waals surface area (Å²) in [6.45, 7) is 21.4. The molecule has 58 heavy (non-hydrogen) atoms. The van der Waals surface area contributed by atoms with Gasteiger partial charge in [-0.3, -0.25) is 19.4 Å². The number of anilines is 2. The van der Waals surface area contributed by atoms with Crippen LogP contribution in [0.25, 0.3) is 22.3 Å². The first-order chi connectivity index (χ1) is 26.9. The Labute approximate surface area is 332 Å². The maximum absolute atomic E-state index is 11.0. The van der Waals surface area contributed by atoms with Crippen molar-refractivity contribution >= 4 is 57.6 Å². The maximum Gasteiger partial charge on any atom is 0.278 e. The van der Waals surface area contributed by atoms with Gasteiger partial charge in [0.15, 0.2) is 22.6 Å². The molecular weight excluding hydrogens is 749 g/mol. The smallest absolute Gasteiger partial charge is 0.278 e. The van der Waals surface area contributed by atoms with Gasteiger partial charge in [-0.05, 0) is 27.7 Å². The Morgan fingerprint density at radius 1 is 0.569 bits per heavy atom. The zero-order valence-corrected chi connectivity index (χ0v) is 31.5. The number of amides is 2. The van der Waals surface area contributed by atoms with Crippen molar-refractivity contribution in [1.82, 2.24) is 71.8 Å². The molecule has 0 unspecified atom stereocenters. The van der Waals surface area contributed by atoms with E-state index in [1.807, 2.05) is 13.8 Å². The molecule has 17 N–H and O–H groups in total. The minimum atomic E-state index is -0.301. The van der Waals surface area contributed by atoms with Crippen LogP contribution in [0.1, 0.15) is 35.1 Å². The molecule has 4 aliphatic rings. The fraction of sp³-hybridized carbons (Fsp3) is 0.143. The van der Waals surface area contributed by atoms with Gasteiger partial charge in [-0.2, -0.15) is 4.98 Å². The zero-order valence-electron chi connectivity index (χ0n) is 31.5. The van der Waals surface area contributed by atoms with Gasteiger partial charge in [0.2, 0.25) is 5.95 Å². The Morgan fingerprint density at radius 2 is 1.02 bits per heavy atom. The van der Waals surface area contributed by atoms with Crippen molar-refractivity contribution in [3.63, 3.8) is 0 Å². The van der Waals surface area contributed by atoms with E-state index in [0.717, 1.165) is 11.1 Å². The molecule has 4 aromatic heterocycles. The third-order valence-corrected chi connectivity index (χ3v) is 6.97. The predicted octanol–water partition coefficient (Wildman–Crippen LogP) is 0.605. The summed E-state index contributed by atoms with van der Waals surface area (Å²) in [6, 6.07) is 0. The molecule has 8 rings (SSSR count). The number of H-pyrrole nitrogens is 3. The van der Waals surface area contributed by atoms with Gasteiger partial charge in [-0.1, -0.05) is 33.7 Å². The minimum Gasteiger partial charge on any atom is -0.383 e. The molecule has 0 atom stereocenters. The highest BCUT2D eigenvalue weighted by Crippen LogP contribution is 2.09. The summed E-state index contributed by atoms with van der Waals surface area (Å²) in [5.74, 6) is 3.68. The van der Waals surface area contributed by atoms with Crippen LogP contribution in [0.15, 0.2) is 130 Å². The number of amidine groups is 2. The van der Waals surface area contributed by atoms with Crippen LogP contribution < -0.4 is 60.4 Å². The molecular formula is C35H48N20O3. The molecule has 306 valence electrons. The monoisotopic (exact) mass is 796 g/mol. The van der Waals surface area contributed by atoms with Crippen molar-refractivity contribution in [2.45, 2.75) is 35.1 Å². The topological polar surface area (TPSA) is 364 Å². The minimum absolute atomic E-state index is 0. The SMILES string of the molecule is C.C=C1N=C(N)C(C)=CN1.C=C1N=C(N)C(C)=CN1.C=C1NC=C(C)C(=O)N1.C=C1NC=C(C)C(=O)N1.Nc1nc2nc[nH]c2c(=O)[nH]1.Nc1ncnc2nc[nH]c12. The summed E-state index contributed by atoms with van der Waals surface area (Å²) >= 11 is 0. The zero-order chi connectivity index (χ0) is 42.2. The number of nitrogen functional groups attached to an aromatic ring is 2. The highest BCUT2D eigenvalue weighted by atomic mass is 16.2. The number of nitrogens with zero attached hydrogens (tertiary/aromatic N) is 7. The number of aliphatic imine (C=N–C) groups is 2. The number of aromatic nitrogens is 8. The number of rotatable bonds is 0. The molecule has 4 aromatic rings. The third kappa shape index (κ3) is 14.0. The lowest BCUT2D eigenvalue weighted by molar-refractivity contribution is -0.118. The van der Waals surface area contributed by atoms with Crippen LogP contribution in [0.4, 0.5) is 11.8 Å². The molecule has 2 amide bonds. The molecule has 0 radical (unpaired) electrons. The van der Waals surface area contributed by atoms with E-state index in [1.165, 1.54) is 19.0 Å². The number of hydrogen-bond donors (Lipinski definition) is 13. The lowest BCUT2D eigenvalue weighted by Crippen LogP contribution is -2.33. The fourth-order valence-corrected chi connectivity index (χ4v) is 3.77. The van der Waals surface area contributed by atoms with E-state index in [2.05, 4.69) is 108 Å². The molecule has 0 saturated heterocycles. The van der Waals surface area contributed by atoms with Crippen LogP contribution in [0, 0.1) is 0 Å². The first-order valence-corrected chi connectivity index (χ1v) is 16.3. The lowest BCUT2D eigenvalue weighted by atomic mass is 10.3. The number of aromatic amines is 3. The van der Waals surface area contributed by atoms with Gasteiger partial charge in [0.05, 0.1) is 12.7 Å². The van der Waals surface area contributed by atoms with Gasteiger partial charge >= 0.3 is 0 Å². The third-order valence-electron chi connectivity index (χ3n) is 6.97. The van der Waals surface area contributed by atoms with Crippen LogP contribution in [0.3, 0.4) is 0 Å². The van der Waals surface area contributed by atoms with Crippen LogP contribution in [-0.2, 0) is 9.59 Å². The lowest BCUT2D eigenvalue weighted by Gasteiger charge is -2.13. The molecule has 8 heterocycles. The Bertz CT molecular complexity index is 2340. The number of hydrogen-bond acceptors (Lipinski definition) is 18. The van der Waals surface area contributed by atoms with Crippen molar-refractivity contribution < 1.29 is 9.59 Å². The van der Waals surface area contributed by atoms with Crippen molar-refractivity contribution in [3.05, 3.63) is 126 Å². The standard InChI is InChI=1S/2C6H9N3.2C6H8N2O.C5H5N5O.C5H5N5.CH4/c2*1-4-3-8-5(2)9-6(4)7;2*1-4-3-7-5(2)8-6(4)9;6-5-9-3-2(4(11)10-5)7-1-8-3;6-4-3-5(9-1-7-3)10-2-8-4;/h2*3,8H,2H2,1H3,(H2,7,9);2*3,7H,2H2,1H3,(H,8,9);1H,(H4,6,7,8,9,10,11);1-2H,(H3,6,7,8,9,10);1H4. The van der Waals surface area contributed by atoms with E-state index in [9.17, 15) is 14.4 Å². The van der Waals surface area contributed by atoms with E-state index in [4.69, 9.17) is 22.9 Å². The summed E-state index contributed by atoms with van der Waals surface area (Å²) in [6.07, 6.45) is 11.1. The second kappa shape index (κ2) is 21.4. The summed E-state index contributed by atoms with van der Waals surface area (Å²) < 4.78 is 0. The van der Waals surface area contributed by atoms with Gasteiger partial charge in [0.25, 0.3) is 17.4 Å². The van der Waals surface area contributed by atoms with Gasteiger partial charge in [-0.15, -0.1) is 0 Å². The second-order valence-electron chi connectivity index (χ2n) is 11.6. The molecule has 23 heteroatoms. The quantitative estimate of drug-likeness (QED) is 0.116. The molecule has 0 saturated carbocycles. The number of imidazole rings is 2. The average molecular weight is 797 g/mol. The number of carbonyl (C=O) groups excluding carboxylic acids is 2. The first-order valence-electron chi connectivity index (χ1n) is 16.3. The molecule has 0 aliphatic carbocycles. The van der Waals surface area contributed by atoms with Gasteiger partial charge in [-0.25, -0.2) is 29.9 Å². The van der Waals surface area contributed by atoms with Crippen molar-refractivity contribution in [1.29, 1.82) is 0 Å². The Balaban J connectivity index is 0.000000240. The Kier molecular flexibility index (Phi) is 16.8. The summed E-state index contributed by atoms with van der Waals surface area (Å²) in [7, 11) is 0. The number of nitrogens with one attached hydrogen (secondary N) is 9. The van der Waals surface area contributed by atoms with E-state index >= 15 is 0 Å². The second-order valence-corrected chi connectivity index (χ2v) is 11.6. The number of carbonyl (C=O) groups is 2. The van der Waals surface area contributed by atoms with Crippen LogP contribution in [0.5, 0.6) is 0 Å². The van der Waals surface area contributed by atoms with Gasteiger partial charge < -0.3 is 64.8 Å². The fourth-order valence-electron chi connectivity index (χ4n) is 3.77. The molecule has 4 aliphatic heterocycles. The van der Waals surface area contributed by atoms with Crippen molar-refractivity contribution in [3.8, 4) is 0 Å². The normalized spacial score (nSPS) is 15.0. The summed E-state index contributed by atoms with van der Waals surface area (Å²) in [5, 5.41) is 16.3. The highest BCUT2D eigenvalue weighted by molar-refractivity contribution is 5.98. The average Bonchev–Trinajstić information content (AvgIpc) is 3.85. The van der Waals surface area contributed by atoms with Crippen molar-refractivity contribution in [2.24, 2.45) is 21.5 Å². The number of fused-ring (bicyclic) bond motifs is 2. The Morgan fingerprint density at radius 3 is 1.43 bits per heavy atom. The van der Waals surface area contributed by atoms with Gasteiger partial charge in [0.1, 0.15) is 46.8 Å². The molecule has 0 spiro atoms. The largest absolute Gasteiger partial charge is 0.383 e.